The fraction of sp³-hybridized carbons (Fsp3) is 0.125. The molecule has 0 saturated heterocycles. The van der Waals surface area contributed by atoms with E-state index in [9.17, 15) is 4.39 Å². The number of rotatable bonds is 3. The van der Waals surface area contributed by atoms with E-state index in [0.29, 0.717) is 6.61 Å². The van der Waals surface area contributed by atoms with Crippen LogP contribution >= 0.6 is 0 Å². The Morgan fingerprint density at radius 1 is 1.16 bits per heavy atom. The van der Waals surface area contributed by atoms with Gasteiger partial charge in [0.1, 0.15) is 6.61 Å². The van der Waals surface area contributed by atoms with Crippen molar-refractivity contribution >= 4 is 10.9 Å². The fourth-order valence-electron chi connectivity index (χ4n) is 2.14. The van der Waals surface area contributed by atoms with Gasteiger partial charge in [0, 0.05) is 22.7 Å². The average molecular weight is 255 g/mol. The third-order valence-corrected chi connectivity index (χ3v) is 3.14. The quantitative estimate of drug-likeness (QED) is 0.745. The van der Waals surface area contributed by atoms with Crippen molar-refractivity contribution in [3.05, 3.63) is 65.6 Å². The number of halogens is 1. The molecule has 0 fully saturated rings. The summed E-state index contributed by atoms with van der Waals surface area (Å²) in [5.41, 5.74) is 3.31. The summed E-state index contributed by atoms with van der Waals surface area (Å²) in [6, 6.07) is 12.6. The van der Waals surface area contributed by atoms with Crippen molar-refractivity contribution in [3.8, 4) is 5.75 Å². The molecule has 3 heteroatoms. The second kappa shape index (κ2) is 4.76. The van der Waals surface area contributed by atoms with Crippen LogP contribution in [0.3, 0.4) is 0 Å². The van der Waals surface area contributed by atoms with Crippen molar-refractivity contribution in [3.63, 3.8) is 0 Å². The van der Waals surface area contributed by atoms with Gasteiger partial charge >= 0.3 is 0 Å². The molecule has 0 bridgehead atoms. The van der Waals surface area contributed by atoms with E-state index in [4.69, 9.17) is 4.74 Å². The highest BCUT2D eigenvalue weighted by Gasteiger charge is 2.06. The summed E-state index contributed by atoms with van der Waals surface area (Å²) in [5, 5.41) is 1.11. The molecule has 1 heterocycles. The lowest BCUT2D eigenvalue weighted by Crippen LogP contribution is -1.96. The van der Waals surface area contributed by atoms with Crippen LogP contribution in [0.1, 0.15) is 11.1 Å². The van der Waals surface area contributed by atoms with E-state index >= 15 is 0 Å². The summed E-state index contributed by atoms with van der Waals surface area (Å²) in [7, 11) is 0. The molecule has 0 radical (unpaired) electrons. The summed E-state index contributed by atoms with van der Waals surface area (Å²) >= 11 is 0. The SMILES string of the molecule is Cc1ccc2c(COc3ccccc3F)c[nH]c2c1. The molecule has 0 spiro atoms. The zero-order valence-electron chi connectivity index (χ0n) is 10.6. The number of aromatic amines is 1. The minimum atomic E-state index is -0.335. The van der Waals surface area contributed by atoms with Crippen molar-refractivity contribution in [2.45, 2.75) is 13.5 Å². The summed E-state index contributed by atoms with van der Waals surface area (Å²) in [6.07, 6.45) is 1.91. The van der Waals surface area contributed by atoms with Crippen LogP contribution in [0.25, 0.3) is 10.9 Å². The second-order valence-electron chi connectivity index (χ2n) is 4.58. The molecule has 0 aliphatic heterocycles. The van der Waals surface area contributed by atoms with Gasteiger partial charge in [0.15, 0.2) is 11.6 Å². The van der Waals surface area contributed by atoms with Gasteiger partial charge in [-0.05, 0) is 30.7 Å². The van der Waals surface area contributed by atoms with Gasteiger partial charge in [-0.1, -0.05) is 24.3 Å². The Kier molecular flexibility index (Phi) is 2.95. The number of aromatic nitrogens is 1. The van der Waals surface area contributed by atoms with Gasteiger partial charge in [-0.25, -0.2) is 4.39 Å². The zero-order valence-corrected chi connectivity index (χ0v) is 10.6. The number of para-hydroxylation sites is 1. The number of hydrogen-bond acceptors (Lipinski definition) is 1. The molecule has 0 unspecified atom stereocenters. The number of ether oxygens (including phenoxy) is 1. The molecule has 96 valence electrons. The Morgan fingerprint density at radius 3 is 2.84 bits per heavy atom. The van der Waals surface area contributed by atoms with Crippen LogP contribution in [-0.4, -0.2) is 4.98 Å². The van der Waals surface area contributed by atoms with E-state index < -0.39 is 0 Å². The monoisotopic (exact) mass is 255 g/mol. The lowest BCUT2D eigenvalue weighted by Gasteiger charge is -2.06. The lowest BCUT2D eigenvalue weighted by molar-refractivity contribution is 0.291. The molecule has 1 N–H and O–H groups in total. The van der Waals surface area contributed by atoms with Crippen LogP contribution in [0.15, 0.2) is 48.7 Å². The van der Waals surface area contributed by atoms with E-state index in [1.54, 1.807) is 18.2 Å². The summed E-state index contributed by atoms with van der Waals surface area (Å²) in [4.78, 5) is 3.21. The molecule has 0 amide bonds. The highest BCUT2D eigenvalue weighted by Crippen LogP contribution is 2.22. The van der Waals surface area contributed by atoms with Gasteiger partial charge in [0.2, 0.25) is 0 Å². The molecular formula is C16H14FNO. The third-order valence-electron chi connectivity index (χ3n) is 3.14. The van der Waals surface area contributed by atoms with Crippen molar-refractivity contribution < 1.29 is 9.13 Å². The smallest absolute Gasteiger partial charge is 0.165 e. The van der Waals surface area contributed by atoms with Gasteiger partial charge in [-0.3, -0.25) is 0 Å². The summed E-state index contributed by atoms with van der Waals surface area (Å²) in [6.45, 7) is 2.40. The molecule has 2 nitrogen and oxygen atoms in total. The van der Waals surface area contributed by atoms with Crippen molar-refractivity contribution in [1.82, 2.24) is 4.98 Å². The van der Waals surface area contributed by atoms with Gasteiger partial charge in [-0.15, -0.1) is 0 Å². The van der Waals surface area contributed by atoms with E-state index in [1.807, 2.05) is 6.20 Å². The number of fused-ring (bicyclic) bond motifs is 1. The lowest BCUT2D eigenvalue weighted by atomic mass is 10.1. The maximum Gasteiger partial charge on any atom is 0.165 e. The first-order chi connectivity index (χ1) is 9.24. The van der Waals surface area contributed by atoms with Crippen LogP contribution in [0.2, 0.25) is 0 Å². The van der Waals surface area contributed by atoms with Crippen LogP contribution in [0.5, 0.6) is 5.75 Å². The van der Waals surface area contributed by atoms with E-state index in [2.05, 4.69) is 30.1 Å². The topological polar surface area (TPSA) is 25.0 Å². The molecule has 1 aromatic heterocycles. The Hall–Kier alpha value is -2.29. The van der Waals surface area contributed by atoms with Crippen LogP contribution in [-0.2, 0) is 6.61 Å². The number of benzene rings is 2. The standard InChI is InChI=1S/C16H14FNO/c1-11-6-7-13-12(9-18-15(13)8-11)10-19-16-5-3-2-4-14(16)17/h2-9,18H,10H2,1H3. The first-order valence-electron chi connectivity index (χ1n) is 6.18. The van der Waals surface area contributed by atoms with Gasteiger partial charge < -0.3 is 9.72 Å². The van der Waals surface area contributed by atoms with Crippen LogP contribution < -0.4 is 4.74 Å². The zero-order chi connectivity index (χ0) is 13.2. The molecule has 0 aliphatic carbocycles. The van der Waals surface area contributed by atoms with Crippen LogP contribution in [0, 0.1) is 12.7 Å². The Bertz CT molecular complexity index is 718. The second-order valence-corrected chi connectivity index (χ2v) is 4.58. The minimum Gasteiger partial charge on any atom is -0.486 e. The molecule has 0 saturated carbocycles. The molecule has 0 aliphatic rings. The van der Waals surface area contributed by atoms with E-state index in [0.717, 1.165) is 16.5 Å². The molecule has 19 heavy (non-hydrogen) atoms. The van der Waals surface area contributed by atoms with Crippen molar-refractivity contribution in [1.29, 1.82) is 0 Å². The van der Waals surface area contributed by atoms with Crippen molar-refractivity contribution in [2.24, 2.45) is 0 Å². The molecule has 3 aromatic rings. The molecule has 3 rings (SSSR count). The number of nitrogens with one attached hydrogen (secondary N) is 1. The van der Waals surface area contributed by atoms with Crippen molar-refractivity contribution in [2.75, 3.05) is 0 Å². The minimum absolute atomic E-state index is 0.281. The first kappa shape index (κ1) is 11.8. The van der Waals surface area contributed by atoms with E-state index in [1.165, 1.54) is 11.6 Å². The highest BCUT2D eigenvalue weighted by molar-refractivity contribution is 5.83. The Morgan fingerprint density at radius 2 is 2.00 bits per heavy atom. The maximum atomic E-state index is 13.5. The average Bonchev–Trinajstić information content (AvgIpc) is 2.80. The summed E-state index contributed by atoms with van der Waals surface area (Å²) < 4.78 is 19.0. The molecule has 2 aromatic carbocycles. The largest absolute Gasteiger partial charge is 0.486 e. The van der Waals surface area contributed by atoms with Gasteiger partial charge in [-0.2, -0.15) is 0 Å². The maximum absolute atomic E-state index is 13.5. The Labute approximate surface area is 110 Å². The Balaban J connectivity index is 1.84. The van der Waals surface area contributed by atoms with Gasteiger partial charge in [0.05, 0.1) is 0 Å². The normalized spacial score (nSPS) is 10.8. The number of H-pyrrole nitrogens is 1. The highest BCUT2D eigenvalue weighted by atomic mass is 19.1. The predicted octanol–water partition coefficient (Wildman–Crippen LogP) is 4.19. The third kappa shape index (κ3) is 2.32. The summed E-state index contributed by atoms with van der Waals surface area (Å²) in [5.74, 6) is -0.0536. The first-order valence-corrected chi connectivity index (χ1v) is 6.18. The van der Waals surface area contributed by atoms with Gasteiger partial charge in [0.25, 0.3) is 0 Å². The fourth-order valence-corrected chi connectivity index (χ4v) is 2.14. The predicted molar refractivity (Wildman–Crippen MR) is 73.8 cm³/mol. The molecular weight excluding hydrogens is 241 g/mol. The number of aryl methyl sites for hydroxylation is 1. The molecule has 0 atom stereocenters. The number of hydrogen-bond donors (Lipinski definition) is 1. The van der Waals surface area contributed by atoms with Crippen LogP contribution in [0.4, 0.5) is 4.39 Å². The van der Waals surface area contributed by atoms with E-state index in [-0.39, 0.29) is 11.6 Å².